The van der Waals surface area contributed by atoms with Gasteiger partial charge in [-0.05, 0) is 19.1 Å². The molecular weight excluding hydrogens is 294 g/mol. The third-order valence-corrected chi connectivity index (χ3v) is 2.24. The molecule has 0 atom stereocenters. The Morgan fingerprint density at radius 1 is 1.15 bits per heavy atom. The molecule has 0 aliphatic carbocycles. The fourth-order valence-electron chi connectivity index (χ4n) is 1.46. The summed E-state index contributed by atoms with van der Waals surface area (Å²) in [6.45, 7) is 0.957. The van der Waals surface area contributed by atoms with Crippen LogP contribution in [0.15, 0.2) is 12.1 Å². The van der Waals surface area contributed by atoms with E-state index in [0.717, 1.165) is 0 Å². The Morgan fingerprint density at radius 3 is 2.05 bits per heavy atom. The van der Waals surface area contributed by atoms with Gasteiger partial charge in [0.1, 0.15) is 11.3 Å². The highest BCUT2D eigenvalue weighted by Crippen LogP contribution is 2.42. The quantitative estimate of drug-likeness (QED) is 0.863. The van der Waals surface area contributed by atoms with Gasteiger partial charge in [0.05, 0.1) is 17.7 Å². The fourth-order valence-corrected chi connectivity index (χ4v) is 1.46. The predicted octanol–water partition coefficient (Wildman–Crippen LogP) is 3.82. The second kappa shape index (κ2) is 5.22. The molecule has 1 aromatic rings. The van der Waals surface area contributed by atoms with Gasteiger partial charge in [0, 0.05) is 0 Å². The SMILES string of the molecule is CCOc1c(C(=O)O)cc(C(F)(F)F)cc1C(F)(F)F. The van der Waals surface area contributed by atoms with Gasteiger partial charge < -0.3 is 9.84 Å². The second-order valence-corrected chi connectivity index (χ2v) is 3.63. The van der Waals surface area contributed by atoms with Crippen molar-refractivity contribution in [3.63, 3.8) is 0 Å². The molecule has 0 radical (unpaired) electrons. The summed E-state index contributed by atoms with van der Waals surface area (Å²) >= 11 is 0. The topological polar surface area (TPSA) is 46.5 Å². The Balaban J connectivity index is 3.69. The normalized spacial score (nSPS) is 12.3. The molecule has 112 valence electrons. The molecule has 0 bridgehead atoms. The van der Waals surface area contributed by atoms with Crippen molar-refractivity contribution in [3.05, 3.63) is 28.8 Å². The van der Waals surface area contributed by atoms with Gasteiger partial charge in [-0.1, -0.05) is 0 Å². The van der Waals surface area contributed by atoms with E-state index in [0.29, 0.717) is 0 Å². The zero-order chi connectivity index (χ0) is 15.7. The van der Waals surface area contributed by atoms with Gasteiger partial charge in [0.2, 0.25) is 0 Å². The van der Waals surface area contributed by atoms with E-state index in [1.165, 1.54) is 6.92 Å². The van der Waals surface area contributed by atoms with Crippen LogP contribution >= 0.6 is 0 Å². The van der Waals surface area contributed by atoms with E-state index in [-0.39, 0.29) is 18.7 Å². The number of ether oxygens (including phenoxy) is 1. The van der Waals surface area contributed by atoms with Gasteiger partial charge in [-0.15, -0.1) is 0 Å². The third kappa shape index (κ3) is 3.34. The Bertz CT molecular complexity index is 518. The zero-order valence-corrected chi connectivity index (χ0v) is 9.89. The van der Waals surface area contributed by atoms with Gasteiger partial charge >= 0.3 is 18.3 Å². The number of hydrogen-bond acceptors (Lipinski definition) is 2. The molecule has 1 aromatic carbocycles. The highest BCUT2D eigenvalue weighted by Gasteiger charge is 2.41. The summed E-state index contributed by atoms with van der Waals surface area (Å²) in [5.41, 5.74) is -4.66. The first-order valence-corrected chi connectivity index (χ1v) is 5.17. The summed E-state index contributed by atoms with van der Waals surface area (Å²) in [6, 6.07) is -0.0556. The molecule has 0 amide bonds. The van der Waals surface area contributed by atoms with Gasteiger partial charge in [0.15, 0.2) is 0 Å². The van der Waals surface area contributed by atoms with Crippen LogP contribution < -0.4 is 4.74 Å². The van der Waals surface area contributed by atoms with Gasteiger partial charge in [0.25, 0.3) is 0 Å². The molecular formula is C11H8F6O3. The fraction of sp³-hybridized carbons (Fsp3) is 0.364. The largest absolute Gasteiger partial charge is 0.492 e. The van der Waals surface area contributed by atoms with E-state index in [1.54, 1.807) is 0 Å². The molecule has 0 fully saturated rings. The first-order valence-electron chi connectivity index (χ1n) is 5.17. The number of aromatic carboxylic acids is 1. The van der Waals surface area contributed by atoms with E-state index in [1.807, 2.05) is 0 Å². The maximum Gasteiger partial charge on any atom is 0.420 e. The van der Waals surface area contributed by atoms with Crippen LogP contribution in [0.5, 0.6) is 5.75 Å². The molecule has 9 heteroatoms. The molecule has 20 heavy (non-hydrogen) atoms. The average Bonchev–Trinajstić information content (AvgIpc) is 2.26. The van der Waals surface area contributed by atoms with Crippen LogP contribution in [0.4, 0.5) is 26.3 Å². The van der Waals surface area contributed by atoms with Crippen LogP contribution in [0.2, 0.25) is 0 Å². The molecule has 1 rings (SSSR count). The van der Waals surface area contributed by atoms with Crippen LogP contribution in [0.3, 0.4) is 0 Å². The monoisotopic (exact) mass is 302 g/mol. The minimum Gasteiger partial charge on any atom is -0.492 e. The van der Waals surface area contributed by atoms with Gasteiger partial charge in [-0.2, -0.15) is 26.3 Å². The average molecular weight is 302 g/mol. The molecule has 1 N–H and O–H groups in total. The first-order chi connectivity index (χ1) is 8.98. The molecule has 0 saturated heterocycles. The molecule has 0 spiro atoms. The van der Waals surface area contributed by atoms with Crippen molar-refractivity contribution in [2.24, 2.45) is 0 Å². The smallest absolute Gasteiger partial charge is 0.420 e. The molecule has 0 aliphatic rings. The molecule has 0 saturated carbocycles. The summed E-state index contributed by atoms with van der Waals surface area (Å²) in [5.74, 6) is -3.06. The molecule has 0 aliphatic heterocycles. The number of halogens is 6. The number of carboxylic acids is 1. The van der Waals surface area contributed by atoms with Crippen molar-refractivity contribution in [1.82, 2.24) is 0 Å². The number of carboxylic acid groups (broad SMARTS) is 1. The van der Waals surface area contributed by atoms with Gasteiger partial charge in [-0.25, -0.2) is 4.79 Å². The molecule has 3 nitrogen and oxygen atoms in total. The number of carbonyl (C=O) groups is 1. The van der Waals surface area contributed by atoms with E-state index in [2.05, 4.69) is 4.74 Å². The maximum atomic E-state index is 12.7. The standard InChI is InChI=1S/C11H8F6O3/c1-2-20-8-6(9(18)19)3-5(10(12,13)14)4-7(8)11(15,16)17/h3-4H,2H2,1H3,(H,18,19). The van der Waals surface area contributed by atoms with Crippen molar-refractivity contribution >= 4 is 5.97 Å². The zero-order valence-electron chi connectivity index (χ0n) is 9.89. The lowest BCUT2D eigenvalue weighted by molar-refractivity contribution is -0.143. The van der Waals surface area contributed by atoms with E-state index >= 15 is 0 Å². The Hall–Kier alpha value is -1.93. The van der Waals surface area contributed by atoms with Crippen LogP contribution in [0.25, 0.3) is 0 Å². The van der Waals surface area contributed by atoms with E-state index in [4.69, 9.17) is 5.11 Å². The van der Waals surface area contributed by atoms with E-state index in [9.17, 15) is 31.1 Å². The van der Waals surface area contributed by atoms with Crippen molar-refractivity contribution in [3.8, 4) is 5.75 Å². The molecule has 0 unspecified atom stereocenters. The maximum absolute atomic E-state index is 12.7. The summed E-state index contributed by atoms with van der Waals surface area (Å²) in [7, 11) is 0. The van der Waals surface area contributed by atoms with Crippen molar-refractivity contribution in [1.29, 1.82) is 0 Å². The molecule has 0 heterocycles. The van der Waals surface area contributed by atoms with Crippen molar-refractivity contribution in [2.45, 2.75) is 19.3 Å². The summed E-state index contributed by atoms with van der Waals surface area (Å²) in [5, 5.41) is 8.76. The number of benzene rings is 1. The Kier molecular flexibility index (Phi) is 4.21. The lowest BCUT2D eigenvalue weighted by atomic mass is 10.0. The summed E-state index contributed by atoms with van der Waals surface area (Å²) in [6.07, 6.45) is -10.3. The Labute approximate surface area is 108 Å². The lowest BCUT2D eigenvalue weighted by Crippen LogP contribution is -2.16. The number of rotatable bonds is 3. The van der Waals surface area contributed by atoms with Crippen LogP contribution in [-0.2, 0) is 12.4 Å². The predicted molar refractivity (Wildman–Crippen MR) is 54.6 cm³/mol. The first kappa shape index (κ1) is 16.1. The van der Waals surface area contributed by atoms with Crippen LogP contribution in [0.1, 0.15) is 28.4 Å². The number of alkyl halides is 6. The van der Waals surface area contributed by atoms with Crippen molar-refractivity contribution in [2.75, 3.05) is 6.61 Å². The number of hydrogen-bond donors (Lipinski definition) is 1. The van der Waals surface area contributed by atoms with E-state index < -0.39 is 40.8 Å². The Morgan fingerprint density at radius 2 is 1.70 bits per heavy atom. The third-order valence-electron chi connectivity index (χ3n) is 2.24. The summed E-state index contributed by atoms with van der Waals surface area (Å²) < 4.78 is 80.3. The lowest BCUT2D eigenvalue weighted by Gasteiger charge is -2.18. The second-order valence-electron chi connectivity index (χ2n) is 3.63. The van der Waals surface area contributed by atoms with Crippen LogP contribution in [-0.4, -0.2) is 17.7 Å². The highest BCUT2D eigenvalue weighted by molar-refractivity contribution is 5.92. The minimum absolute atomic E-state index is 0.114. The molecule has 0 aromatic heterocycles. The van der Waals surface area contributed by atoms with Crippen LogP contribution in [0, 0.1) is 0 Å². The van der Waals surface area contributed by atoms with Crippen molar-refractivity contribution < 1.29 is 41.0 Å². The summed E-state index contributed by atoms with van der Waals surface area (Å²) in [4.78, 5) is 10.8. The van der Waals surface area contributed by atoms with Gasteiger partial charge in [-0.3, -0.25) is 0 Å². The highest BCUT2D eigenvalue weighted by atomic mass is 19.4. The minimum atomic E-state index is -5.17.